The molecular formula is C24H30N4O3. The molecule has 0 saturated carbocycles. The highest BCUT2D eigenvalue weighted by atomic mass is 16.4. The first-order valence-corrected chi connectivity index (χ1v) is 11.4. The van der Waals surface area contributed by atoms with Gasteiger partial charge in [-0.25, -0.2) is 0 Å². The Morgan fingerprint density at radius 1 is 1.06 bits per heavy atom. The van der Waals surface area contributed by atoms with E-state index >= 15 is 0 Å². The standard InChI is InChI=1S/C24H30N4O3/c29-23(25-17-20(22-9-6-16-30-22)27-12-4-1-5-13-27)18-10-14-28(15-11-18)24-26-19-7-2-3-8-21(19)31-24/h2-3,6-9,16,18,20H,1,4-5,10-15,17H2,(H,25,29). The Kier molecular flexibility index (Phi) is 5.93. The summed E-state index contributed by atoms with van der Waals surface area (Å²) in [4.78, 5) is 22.1. The number of amides is 1. The molecule has 0 aliphatic carbocycles. The molecule has 1 atom stereocenters. The van der Waals surface area contributed by atoms with Crippen LogP contribution in [0.4, 0.5) is 6.01 Å². The Morgan fingerprint density at radius 2 is 1.87 bits per heavy atom. The van der Waals surface area contributed by atoms with E-state index in [2.05, 4.69) is 20.1 Å². The van der Waals surface area contributed by atoms with Crippen molar-refractivity contribution in [1.29, 1.82) is 0 Å². The molecule has 1 unspecified atom stereocenters. The van der Waals surface area contributed by atoms with Crippen LogP contribution in [0.15, 0.2) is 51.5 Å². The molecule has 7 nitrogen and oxygen atoms in total. The van der Waals surface area contributed by atoms with Crippen LogP contribution in [0.5, 0.6) is 0 Å². The van der Waals surface area contributed by atoms with Crippen molar-refractivity contribution in [2.24, 2.45) is 5.92 Å². The molecule has 2 saturated heterocycles. The second kappa shape index (κ2) is 9.14. The molecule has 2 aliphatic rings. The molecule has 1 aromatic carbocycles. The van der Waals surface area contributed by atoms with Gasteiger partial charge in [-0.05, 0) is 63.0 Å². The smallest absolute Gasteiger partial charge is 0.298 e. The molecular weight excluding hydrogens is 392 g/mol. The molecule has 1 amide bonds. The van der Waals surface area contributed by atoms with Gasteiger partial charge in [0, 0.05) is 25.6 Å². The van der Waals surface area contributed by atoms with E-state index in [1.807, 2.05) is 36.4 Å². The van der Waals surface area contributed by atoms with Gasteiger partial charge in [0.25, 0.3) is 6.01 Å². The lowest BCUT2D eigenvalue weighted by Crippen LogP contribution is -2.44. The van der Waals surface area contributed by atoms with Gasteiger partial charge in [0.1, 0.15) is 11.3 Å². The molecule has 31 heavy (non-hydrogen) atoms. The third-order valence-corrected chi connectivity index (χ3v) is 6.59. The largest absolute Gasteiger partial charge is 0.468 e. The molecule has 2 aliphatic heterocycles. The Morgan fingerprint density at radius 3 is 2.61 bits per heavy atom. The van der Waals surface area contributed by atoms with E-state index in [1.165, 1.54) is 19.3 Å². The number of hydrogen-bond acceptors (Lipinski definition) is 6. The van der Waals surface area contributed by atoms with Crippen LogP contribution in [0.3, 0.4) is 0 Å². The maximum Gasteiger partial charge on any atom is 0.298 e. The number of piperidine rings is 2. The van der Waals surface area contributed by atoms with Crippen LogP contribution in [0.2, 0.25) is 0 Å². The molecule has 2 aromatic heterocycles. The van der Waals surface area contributed by atoms with Gasteiger partial charge in [0.15, 0.2) is 5.58 Å². The van der Waals surface area contributed by atoms with Gasteiger partial charge in [-0.3, -0.25) is 9.69 Å². The summed E-state index contributed by atoms with van der Waals surface area (Å²) < 4.78 is 11.6. The van der Waals surface area contributed by atoms with Crippen LogP contribution < -0.4 is 10.2 Å². The minimum Gasteiger partial charge on any atom is -0.468 e. The van der Waals surface area contributed by atoms with Crippen molar-refractivity contribution in [3.63, 3.8) is 0 Å². The van der Waals surface area contributed by atoms with Crippen molar-refractivity contribution in [2.45, 2.75) is 38.1 Å². The first-order chi connectivity index (χ1) is 15.3. The lowest BCUT2D eigenvalue weighted by molar-refractivity contribution is -0.125. The summed E-state index contributed by atoms with van der Waals surface area (Å²) in [5, 5.41) is 3.22. The average Bonchev–Trinajstić information content (AvgIpc) is 3.50. The van der Waals surface area contributed by atoms with Crippen LogP contribution >= 0.6 is 0 Å². The predicted octanol–water partition coefficient (Wildman–Crippen LogP) is 3.98. The van der Waals surface area contributed by atoms with Gasteiger partial charge < -0.3 is 19.1 Å². The number of likely N-dealkylation sites (tertiary alicyclic amines) is 1. The number of carbonyl (C=O) groups excluding carboxylic acids is 1. The lowest BCUT2D eigenvalue weighted by atomic mass is 9.96. The normalized spacial score (nSPS) is 19.5. The fourth-order valence-corrected chi connectivity index (χ4v) is 4.79. The molecule has 164 valence electrons. The first-order valence-electron chi connectivity index (χ1n) is 11.4. The van der Waals surface area contributed by atoms with E-state index in [0.717, 1.165) is 55.9 Å². The number of anilines is 1. The minimum atomic E-state index is 0.0271. The van der Waals surface area contributed by atoms with E-state index in [1.54, 1.807) is 6.26 Å². The molecule has 0 bridgehead atoms. The van der Waals surface area contributed by atoms with Crippen LogP contribution in [0.25, 0.3) is 11.1 Å². The highest BCUT2D eigenvalue weighted by Crippen LogP contribution is 2.27. The molecule has 1 N–H and O–H groups in total. The van der Waals surface area contributed by atoms with Crippen molar-refractivity contribution < 1.29 is 13.6 Å². The van der Waals surface area contributed by atoms with E-state index in [0.29, 0.717) is 12.6 Å². The highest BCUT2D eigenvalue weighted by molar-refractivity contribution is 5.79. The monoisotopic (exact) mass is 422 g/mol. The van der Waals surface area contributed by atoms with Crippen molar-refractivity contribution in [3.05, 3.63) is 48.4 Å². The number of aromatic nitrogens is 1. The number of oxazole rings is 1. The van der Waals surface area contributed by atoms with Gasteiger partial charge in [-0.2, -0.15) is 4.98 Å². The zero-order valence-electron chi connectivity index (χ0n) is 17.8. The molecule has 4 heterocycles. The van der Waals surface area contributed by atoms with Crippen LogP contribution in [-0.4, -0.2) is 48.5 Å². The topological polar surface area (TPSA) is 74.8 Å². The predicted molar refractivity (Wildman–Crippen MR) is 119 cm³/mol. The minimum absolute atomic E-state index is 0.0271. The number of carbonyl (C=O) groups is 1. The van der Waals surface area contributed by atoms with Crippen LogP contribution in [0.1, 0.15) is 43.9 Å². The second-order valence-corrected chi connectivity index (χ2v) is 8.60. The number of nitrogens with one attached hydrogen (secondary N) is 1. The first kappa shape index (κ1) is 20.1. The molecule has 2 fully saturated rings. The van der Waals surface area contributed by atoms with Crippen molar-refractivity contribution in [1.82, 2.24) is 15.2 Å². The molecule has 0 radical (unpaired) electrons. The summed E-state index contributed by atoms with van der Waals surface area (Å²) in [7, 11) is 0. The summed E-state index contributed by atoms with van der Waals surface area (Å²) in [6, 6.07) is 12.5. The summed E-state index contributed by atoms with van der Waals surface area (Å²) in [5.41, 5.74) is 1.68. The Hall–Kier alpha value is -2.80. The number of hydrogen-bond donors (Lipinski definition) is 1. The average molecular weight is 423 g/mol. The van der Waals surface area contributed by atoms with Crippen LogP contribution in [0, 0.1) is 5.92 Å². The summed E-state index contributed by atoms with van der Waals surface area (Å²) in [6.07, 6.45) is 7.03. The Balaban J connectivity index is 1.16. The van der Waals surface area contributed by atoms with E-state index in [9.17, 15) is 4.79 Å². The van der Waals surface area contributed by atoms with Gasteiger partial charge in [-0.15, -0.1) is 0 Å². The number of furan rings is 1. The Bertz CT molecular complexity index is 952. The van der Waals surface area contributed by atoms with E-state index in [4.69, 9.17) is 8.83 Å². The second-order valence-electron chi connectivity index (χ2n) is 8.60. The van der Waals surface area contributed by atoms with Gasteiger partial charge in [-0.1, -0.05) is 18.6 Å². The zero-order chi connectivity index (χ0) is 21.0. The maximum absolute atomic E-state index is 12.9. The maximum atomic E-state index is 12.9. The summed E-state index contributed by atoms with van der Waals surface area (Å²) in [6.45, 7) is 4.27. The van der Waals surface area contributed by atoms with Gasteiger partial charge >= 0.3 is 0 Å². The molecule has 3 aromatic rings. The van der Waals surface area contributed by atoms with Crippen molar-refractivity contribution in [2.75, 3.05) is 37.6 Å². The number of rotatable bonds is 6. The van der Waals surface area contributed by atoms with E-state index in [-0.39, 0.29) is 17.9 Å². The molecule has 7 heteroatoms. The zero-order valence-corrected chi connectivity index (χ0v) is 17.8. The number of nitrogens with zero attached hydrogens (tertiary/aromatic N) is 3. The number of para-hydroxylation sites is 2. The molecule has 5 rings (SSSR count). The Labute approximate surface area is 182 Å². The van der Waals surface area contributed by atoms with E-state index < -0.39 is 0 Å². The van der Waals surface area contributed by atoms with Crippen LogP contribution in [-0.2, 0) is 4.79 Å². The summed E-state index contributed by atoms with van der Waals surface area (Å²) >= 11 is 0. The quantitative estimate of drug-likeness (QED) is 0.648. The van der Waals surface area contributed by atoms with Gasteiger partial charge in [0.05, 0.1) is 12.3 Å². The van der Waals surface area contributed by atoms with Gasteiger partial charge in [0.2, 0.25) is 5.91 Å². The highest BCUT2D eigenvalue weighted by Gasteiger charge is 2.29. The number of benzene rings is 1. The lowest BCUT2D eigenvalue weighted by Gasteiger charge is -2.34. The fourth-order valence-electron chi connectivity index (χ4n) is 4.79. The third kappa shape index (κ3) is 4.46. The SMILES string of the molecule is O=C(NCC(c1ccco1)N1CCCCC1)C1CCN(c2nc3ccccc3o2)CC1. The van der Waals surface area contributed by atoms with Crippen molar-refractivity contribution in [3.8, 4) is 0 Å². The number of fused-ring (bicyclic) bond motifs is 1. The molecule has 0 spiro atoms. The summed E-state index contributed by atoms with van der Waals surface area (Å²) in [5.74, 6) is 1.11. The fraction of sp³-hybridized carbons (Fsp3) is 0.500. The van der Waals surface area contributed by atoms with Crippen molar-refractivity contribution >= 4 is 23.0 Å². The third-order valence-electron chi connectivity index (χ3n) is 6.59.